The lowest BCUT2D eigenvalue weighted by Gasteiger charge is -2.13. The number of nitro groups is 2. The van der Waals surface area contributed by atoms with Crippen molar-refractivity contribution >= 4 is 34.4 Å². The maximum atomic E-state index is 11.5. The van der Waals surface area contributed by atoms with Gasteiger partial charge in [-0.25, -0.2) is 4.98 Å². The smallest absolute Gasteiger partial charge is 0.318 e. The molecule has 1 aromatic heterocycles. The summed E-state index contributed by atoms with van der Waals surface area (Å²) in [6.07, 6.45) is 1.80. The van der Waals surface area contributed by atoms with Crippen LogP contribution in [0.1, 0.15) is 34.9 Å². The third-order valence-electron chi connectivity index (χ3n) is 6.05. The van der Waals surface area contributed by atoms with E-state index in [1.165, 1.54) is 13.2 Å². The molecule has 3 aromatic rings. The van der Waals surface area contributed by atoms with Crippen LogP contribution in [0.4, 0.5) is 17.2 Å². The Kier molecular flexibility index (Phi) is 6.48. The van der Waals surface area contributed by atoms with Crippen LogP contribution in [0.15, 0.2) is 42.0 Å². The molecule has 12 heteroatoms. The molecule has 0 saturated heterocycles. The van der Waals surface area contributed by atoms with Crippen LogP contribution >= 0.6 is 0 Å². The molecule has 0 radical (unpaired) electrons. The molecule has 188 valence electrons. The zero-order chi connectivity index (χ0) is 27.7. The average Bonchev–Trinajstić information content (AvgIpc) is 3.14. The molecule has 1 aliphatic rings. The molecule has 0 saturated carbocycles. The Bertz CT molecular complexity index is 1690. The number of non-ortho nitro benzene ring substituents is 1. The van der Waals surface area contributed by atoms with Crippen molar-refractivity contribution in [1.29, 1.82) is 10.5 Å². The number of rotatable bonds is 6. The average molecular weight is 510 g/mol. The van der Waals surface area contributed by atoms with Crippen molar-refractivity contribution < 1.29 is 19.3 Å². The van der Waals surface area contributed by atoms with Crippen LogP contribution in [0.25, 0.3) is 17.2 Å². The highest BCUT2D eigenvalue weighted by molar-refractivity contribution is 6.08. The topological polar surface area (TPSA) is 191 Å². The van der Waals surface area contributed by atoms with E-state index in [0.29, 0.717) is 39.1 Å². The van der Waals surface area contributed by atoms with Crippen molar-refractivity contribution in [2.45, 2.75) is 13.8 Å². The molecule has 2 N–H and O–H groups in total. The number of nitrogens with two attached hydrogens (primary N) is 1. The highest BCUT2D eigenvalue weighted by Gasteiger charge is 2.30. The zero-order valence-electron chi connectivity index (χ0n) is 20.3. The van der Waals surface area contributed by atoms with E-state index in [-0.39, 0.29) is 28.6 Å². The zero-order valence-corrected chi connectivity index (χ0v) is 20.3. The molecule has 38 heavy (non-hydrogen) atoms. The predicted molar refractivity (Wildman–Crippen MR) is 137 cm³/mol. The molecular formula is C26H18N6O6. The Morgan fingerprint density at radius 2 is 1.71 bits per heavy atom. The number of hydrogen-bond donors (Lipinski definition) is 1. The molecule has 0 bridgehead atoms. The molecule has 0 aliphatic heterocycles. The fourth-order valence-electron chi connectivity index (χ4n) is 4.19. The predicted octanol–water partition coefficient (Wildman–Crippen LogP) is 5.31. The Morgan fingerprint density at radius 1 is 1.00 bits per heavy atom. The third-order valence-corrected chi connectivity index (χ3v) is 6.05. The minimum Gasteiger partial charge on any atom is -0.493 e. The molecule has 0 atom stereocenters. The standard InChI is InChI=1S/C26H18N6O6/c1-13-17(24-14(2)19(12-28)26(29)30-25(24)18(13)11-27)8-15-4-6-22(23(9-15)37-3)38-21-7-5-16(31(33)34)10-20(21)32(35)36/h4-10H,1-3H3,(H2,29,30)/b17-8+. The monoisotopic (exact) mass is 510 g/mol. The van der Waals surface area contributed by atoms with E-state index in [9.17, 15) is 30.8 Å². The molecule has 0 amide bonds. The fraction of sp³-hybridized carbons (Fsp3) is 0.115. The number of allylic oxidation sites excluding steroid dienone is 3. The quantitative estimate of drug-likeness (QED) is 0.335. The molecule has 0 unspecified atom stereocenters. The number of nitro benzene ring substituents is 2. The lowest BCUT2D eigenvalue weighted by atomic mass is 9.95. The van der Waals surface area contributed by atoms with Gasteiger partial charge in [0.25, 0.3) is 5.69 Å². The van der Waals surface area contributed by atoms with Gasteiger partial charge in [0.2, 0.25) is 5.75 Å². The van der Waals surface area contributed by atoms with Gasteiger partial charge in [0.15, 0.2) is 11.5 Å². The second-order valence-corrected chi connectivity index (χ2v) is 8.18. The van der Waals surface area contributed by atoms with Gasteiger partial charge in [-0.2, -0.15) is 10.5 Å². The summed E-state index contributed by atoms with van der Waals surface area (Å²) in [5.41, 5.74) is 9.12. The lowest BCUT2D eigenvalue weighted by Crippen LogP contribution is -2.03. The number of nitriles is 2. The summed E-state index contributed by atoms with van der Waals surface area (Å²) in [5.74, 6) is 0.225. The highest BCUT2D eigenvalue weighted by atomic mass is 16.6. The second kappa shape index (κ2) is 9.72. The van der Waals surface area contributed by atoms with Crippen LogP contribution in [0.3, 0.4) is 0 Å². The molecule has 12 nitrogen and oxygen atoms in total. The Balaban J connectivity index is 1.79. The van der Waals surface area contributed by atoms with Gasteiger partial charge in [0.1, 0.15) is 18.0 Å². The van der Waals surface area contributed by atoms with Gasteiger partial charge in [0, 0.05) is 11.6 Å². The van der Waals surface area contributed by atoms with Gasteiger partial charge in [-0.1, -0.05) is 6.07 Å². The third kappa shape index (κ3) is 4.23. The van der Waals surface area contributed by atoms with Crippen LogP contribution in [0.5, 0.6) is 17.2 Å². The largest absolute Gasteiger partial charge is 0.493 e. The van der Waals surface area contributed by atoms with Gasteiger partial charge in [-0.15, -0.1) is 0 Å². The number of fused-ring (bicyclic) bond motifs is 1. The molecule has 0 fully saturated rings. The van der Waals surface area contributed by atoms with Gasteiger partial charge in [-0.3, -0.25) is 20.2 Å². The van der Waals surface area contributed by atoms with Gasteiger partial charge in [0.05, 0.1) is 39.9 Å². The summed E-state index contributed by atoms with van der Waals surface area (Å²) in [6.45, 7) is 3.52. The molecule has 1 aliphatic carbocycles. The first-order chi connectivity index (χ1) is 18.1. The number of benzene rings is 2. The molecule has 2 aromatic carbocycles. The van der Waals surface area contributed by atoms with E-state index in [1.54, 1.807) is 32.1 Å². The summed E-state index contributed by atoms with van der Waals surface area (Å²) in [7, 11) is 1.39. The molecule has 1 heterocycles. The van der Waals surface area contributed by atoms with Crippen molar-refractivity contribution in [2.75, 3.05) is 12.8 Å². The maximum Gasteiger partial charge on any atom is 0.318 e. The number of pyridine rings is 1. The van der Waals surface area contributed by atoms with Crippen molar-refractivity contribution in [3.63, 3.8) is 0 Å². The number of anilines is 1. The second-order valence-electron chi connectivity index (χ2n) is 8.18. The Hall–Kier alpha value is -5.75. The van der Waals surface area contributed by atoms with E-state index in [4.69, 9.17) is 15.2 Å². The number of ether oxygens (including phenoxy) is 2. The molecule has 0 spiro atoms. The van der Waals surface area contributed by atoms with Crippen LogP contribution in [-0.2, 0) is 0 Å². The first-order valence-corrected chi connectivity index (χ1v) is 10.9. The van der Waals surface area contributed by atoms with Gasteiger partial charge in [-0.05, 0) is 60.4 Å². The van der Waals surface area contributed by atoms with Crippen LogP contribution in [0, 0.1) is 49.8 Å². The first kappa shape index (κ1) is 25.3. The van der Waals surface area contributed by atoms with Crippen LogP contribution < -0.4 is 15.2 Å². The summed E-state index contributed by atoms with van der Waals surface area (Å²) >= 11 is 0. The molecule has 4 rings (SSSR count). The fourth-order valence-corrected chi connectivity index (χ4v) is 4.19. The minimum absolute atomic E-state index is 0.0501. The van der Waals surface area contributed by atoms with Crippen molar-refractivity contribution in [3.8, 4) is 29.4 Å². The maximum absolute atomic E-state index is 11.5. The summed E-state index contributed by atoms with van der Waals surface area (Å²) in [6, 6.07) is 12.1. The van der Waals surface area contributed by atoms with Gasteiger partial charge < -0.3 is 15.2 Å². The van der Waals surface area contributed by atoms with Gasteiger partial charge >= 0.3 is 5.69 Å². The van der Waals surface area contributed by atoms with E-state index < -0.39 is 21.2 Å². The Morgan fingerprint density at radius 3 is 2.32 bits per heavy atom. The number of methoxy groups -OCH3 is 1. The lowest BCUT2D eigenvalue weighted by molar-refractivity contribution is -0.394. The Labute approximate surface area is 215 Å². The summed E-state index contributed by atoms with van der Waals surface area (Å²) < 4.78 is 11.1. The normalized spacial score (nSPS) is 13.0. The van der Waals surface area contributed by atoms with E-state index in [0.717, 1.165) is 18.2 Å². The molecular weight excluding hydrogens is 492 g/mol. The van der Waals surface area contributed by atoms with E-state index in [2.05, 4.69) is 17.1 Å². The van der Waals surface area contributed by atoms with E-state index in [1.807, 2.05) is 0 Å². The number of hydrogen-bond acceptors (Lipinski definition) is 10. The summed E-state index contributed by atoms with van der Waals surface area (Å²) in [4.78, 5) is 25.3. The van der Waals surface area contributed by atoms with Crippen molar-refractivity contribution in [3.05, 3.63) is 90.1 Å². The van der Waals surface area contributed by atoms with Crippen LogP contribution in [-0.4, -0.2) is 21.9 Å². The highest BCUT2D eigenvalue weighted by Crippen LogP contribution is 2.45. The number of nitrogen functional groups attached to an aromatic ring is 1. The van der Waals surface area contributed by atoms with Crippen molar-refractivity contribution in [1.82, 2.24) is 4.98 Å². The first-order valence-electron chi connectivity index (χ1n) is 10.9. The summed E-state index contributed by atoms with van der Waals surface area (Å²) in [5, 5.41) is 41.8. The van der Waals surface area contributed by atoms with Crippen molar-refractivity contribution in [2.24, 2.45) is 0 Å². The number of nitrogens with zero attached hydrogens (tertiary/aromatic N) is 5. The minimum atomic E-state index is -0.772. The SMILES string of the molecule is COc1cc(/C=C2\C(C)=C(C#N)c3nc(N)c(C#N)c(C)c32)ccc1Oc1ccc([N+](=O)[O-])cc1[N+](=O)[O-]. The van der Waals surface area contributed by atoms with Crippen LogP contribution in [0.2, 0.25) is 0 Å². The van der Waals surface area contributed by atoms with E-state index >= 15 is 0 Å². The number of aromatic nitrogens is 1.